The first-order valence-electron chi connectivity index (χ1n) is 8.18. The van der Waals surface area contributed by atoms with Gasteiger partial charge in [-0.15, -0.1) is 0 Å². The van der Waals surface area contributed by atoms with E-state index in [0.717, 1.165) is 37.8 Å². The van der Waals surface area contributed by atoms with Crippen molar-refractivity contribution in [1.82, 2.24) is 9.62 Å². The van der Waals surface area contributed by atoms with E-state index in [1.54, 1.807) is 12.1 Å². The molecule has 1 fully saturated rings. The first kappa shape index (κ1) is 17.4. The second kappa shape index (κ2) is 7.57. The molecule has 2 unspecified atom stereocenters. The molecule has 124 valence electrons. The van der Waals surface area contributed by atoms with E-state index in [0.29, 0.717) is 10.8 Å². The van der Waals surface area contributed by atoms with Gasteiger partial charge in [0, 0.05) is 12.6 Å². The maximum atomic E-state index is 12.6. The van der Waals surface area contributed by atoms with Crippen LogP contribution in [0, 0.1) is 5.92 Å². The maximum absolute atomic E-state index is 12.6. The van der Waals surface area contributed by atoms with Gasteiger partial charge < -0.3 is 4.90 Å². The Labute approximate surface area is 135 Å². The molecule has 0 saturated heterocycles. The molecule has 0 radical (unpaired) electrons. The fourth-order valence-corrected chi connectivity index (χ4v) is 4.56. The number of nitrogens with zero attached hydrogens (tertiary/aromatic N) is 1. The standard InChI is InChI=1S/C17H28N2O2S/c1-4-14-9-11-16(12-10-14)22(20,21)18-17-8-6-5-7-15(17)13-19(2)3/h9-12,15,17-18H,4-8,13H2,1-3H3. The highest BCUT2D eigenvalue weighted by Gasteiger charge is 2.29. The van der Waals surface area contributed by atoms with E-state index in [2.05, 4.69) is 16.5 Å². The molecule has 1 N–H and O–H groups in total. The van der Waals surface area contributed by atoms with Crippen molar-refractivity contribution in [3.8, 4) is 0 Å². The van der Waals surface area contributed by atoms with Crippen molar-refractivity contribution in [3.63, 3.8) is 0 Å². The molecule has 1 aromatic carbocycles. The molecular formula is C17H28N2O2S. The highest BCUT2D eigenvalue weighted by molar-refractivity contribution is 7.89. The SMILES string of the molecule is CCc1ccc(S(=O)(=O)NC2CCCCC2CN(C)C)cc1. The average molecular weight is 324 g/mol. The van der Waals surface area contributed by atoms with Crippen LogP contribution in [0.3, 0.4) is 0 Å². The summed E-state index contributed by atoms with van der Waals surface area (Å²) in [6, 6.07) is 7.27. The second-order valence-electron chi connectivity index (χ2n) is 6.53. The van der Waals surface area contributed by atoms with Gasteiger partial charge in [0.05, 0.1) is 4.90 Å². The summed E-state index contributed by atoms with van der Waals surface area (Å²) < 4.78 is 28.2. The van der Waals surface area contributed by atoms with E-state index in [1.807, 2.05) is 26.2 Å². The van der Waals surface area contributed by atoms with Crippen molar-refractivity contribution in [2.24, 2.45) is 5.92 Å². The highest BCUT2D eigenvalue weighted by Crippen LogP contribution is 2.26. The quantitative estimate of drug-likeness (QED) is 0.875. The van der Waals surface area contributed by atoms with Crippen molar-refractivity contribution >= 4 is 10.0 Å². The van der Waals surface area contributed by atoms with Gasteiger partial charge in [-0.3, -0.25) is 0 Å². The van der Waals surface area contributed by atoms with E-state index < -0.39 is 10.0 Å². The third kappa shape index (κ3) is 4.54. The lowest BCUT2D eigenvalue weighted by molar-refractivity contribution is 0.224. The summed E-state index contributed by atoms with van der Waals surface area (Å²) in [5, 5.41) is 0. The Kier molecular flexibility index (Phi) is 6.01. The van der Waals surface area contributed by atoms with Crippen LogP contribution in [0.15, 0.2) is 29.2 Å². The second-order valence-corrected chi connectivity index (χ2v) is 8.25. The van der Waals surface area contributed by atoms with Crippen LogP contribution in [-0.2, 0) is 16.4 Å². The Morgan fingerprint density at radius 3 is 2.36 bits per heavy atom. The number of hydrogen-bond acceptors (Lipinski definition) is 3. The molecule has 2 rings (SSSR count). The molecule has 22 heavy (non-hydrogen) atoms. The largest absolute Gasteiger partial charge is 0.309 e. The number of benzene rings is 1. The molecule has 0 spiro atoms. The molecule has 0 bridgehead atoms. The van der Waals surface area contributed by atoms with Gasteiger partial charge >= 0.3 is 0 Å². The smallest absolute Gasteiger partial charge is 0.240 e. The van der Waals surface area contributed by atoms with Gasteiger partial charge in [0.25, 0.3) is 0 Å². The summed E-state index contributed by atoms with van der Waals surface area (Å²) in [6.45, 7) is 3.00. The molecule has 0 amide bonds. The van der Waals surface area contributed by atoms with Gasteiger partial charge in [0.1, 0.15) is 0 Å². The van der Waals surface area contributed by atoms with Crippen LogP contribution in [0.2, 0.25) is 0 Å². The molecule has 0 heterocycles. The predicted octanol–water partition coefficient (Wildman–Crippen LogP) is 2.65. The molecule has 4 nitrogen and oxygen atoms in total. The van der Waals surface area contributed by atoms with Crippen molar-refractivity contribution in [3.05, 3.63) is 29.8 Å². The number of hydrogen-bond donors (Lipinski definition) is 1. The minimum Gasteiger partial charge on any atom is -0.309 e. The van der Waals surface area contributed by atoms with E-state index in [1.165, 1.54) is 6.42 Å². The van der Waals surface area contributed by atoms with Crippen LogP contribution in [-0.4, -0.2) is 40.0 Å². The Morgan fingerprint density at radius 2 is 1.77 bits per heavy atom. The van der Waals surface area contributed by atoms with E-state index >= 15 is 0 Å². The summed E-state index contributed by atoms with van der Waals surface area (Å²) in [5.41, 5.74) is 1.15. The van der Waals surface area contributed by atoms with E-state index in [-0.39, 0.29) is 6.04 Å². The lowest BCUT2D eigenvalue weighted by Crippen LogP contribution is -2.45. The van der Waals surface area contributed by atoms with Gasteiger partial charge in [-0.25, -0.2) is 13.1 Å². The average Bonchev–Trinajstić information content (AvgIpc) is 2.48. The fourth-order valence-electron chi connectivity index (χ4n) is 3.22. The number of sulfonamides is 1. The zero-order chi connectivity index (χ0) is 16.2. The minimum atomic E-state index is -3.42. The van der Waals surface area contributed by atoms with Crippen LogP contribution >= 0.6 is 0 Å². The Hall–Kier alpha value is -0.910. The van der Waals surface area contributed by atoms with Crippen LogP contribution in [0.4, 0.5) is 0 Å². The van der Waals surface area contributed by atoms with Crippen LogP contribution in [0.1, 0.15) is 38.2 Å². The minimum absolute atomic E-state index is 0.0481. The third-order valence-corrected chi connectivity index (χ3v) is 5.96. The van der Waals surface area contributed by atoms with Crippen molar-refractivity contribution in [2.75, 3.05) is 20.6 Å². The lowest BCUT2D eigenvalue weighted by Gasteiger charge is -2.33. The third-order valence-electron chi connectivity index (χ3n) is 4.46. The van der Waals surface area contributed by atoms with Crippen molar-refractivity contribution in [1.29, 1.82) is 0 Å². The first-order valence-corrected chi connectivity index (χ1v) is 9.66. The molecule has 1 aliphatic rings. The molecule has 0 aliphatic heterocycles. The first-order chi connectivity index (χ1) is 10.4. The molecule has 1 aromatic rings. The number of nitrogens with one attached hydrogen (secondary N) is 1. The fraction of sp³-hybridized carbons (Fsp3) is 0.647. The van der Waals surface area contributed by atoms with E-state index in [9.17, 15) is 8.42 Å². The Morgan fingerprint density at radius 1 is 1.14 bits per heavy atom. The summed E-state index contributed by atoms with van der Waals surface area (Å²) in [6.07, 6.45) is 5.25. The van der Waals surface area contributed by atoms with E-state index in [4.69, 9.17) is 0 Å². The van der Waals surface area contributed by atoms with Crippen LogP contribution < -0.4 is 4.72 Å². The van der Waals surface area contributed by atoms with Crippen LogP contribution in [0.5, 0.6) is 0 Å². The molecular weight excluding hydrogens is 296 g/mol. The van der Waals surface area contributed by atoms with Gasteiger partial charge in [0.2, 0.25) is 10.0 Å². The predicted molar refractivity (Wildman–Crippen MR) is 90.4 cm³/mol. The number of aryl methyl sites for hydroxylation is 1. The molecule has 2 atom stereocenters. The topological polar surface area (TPSA) is 49.4 Å². The zero-order valence-corrected chi connectivity index (χ0v) is 14.7. The van der Waals surface area contributed by atoms with Crippen molar-refractivity contribution in [2.45, 2.75) is 50.0 Å². The van der Waals surface area contributed by atoms with Gasteiger partial charge in [-0.1, -0.05) is 31.9 Å². The maximum Gasteiger partial charge on any atom is 0.240 e. The molecule has 0 aromatic heterocycles. The summed E-state index contributed by atoms with van der Waals surface area (Å²) in [7, 11) is 0.668. The monoisotopic (exact) mass is 324 g/mol. The van der Waals surface area contributed by atoms with Gasteiger partial charge in [-0.05, 0) is 57.0 Å². The van der Waals surface area contributed by atoms with Crippen molar-refractivity contribution < 1.29 is 8.42 Å². The Balaban J connectivity index is 2.11. The van der Waals surface area contributed by atoms with Gasteiger partial charge in [0.15, 0.2) is 0 Å². The number of rotatable bonds is 6. The Bertz CT molecular complexity index is 567. The van der Waals surface area contributed by atoms with Crippen LogP contribution in [0.25, 0.3) is 0 Å². The van der Waals surface area contributed by atoms with Gasteiger partial charge in [-0.2, -0.15) is 0 Å². The molecule has 5 heteroatoms. The molecule has 1 aliphatic carbocycles. The summed E-state index contributed by atoms with van der Waals surface area (Å²) in [4.78, 5) is 2.52. The lowest BCUT2D eigenvalue weighted by atomic mass is 9.85. The zero-order valence-electron chi connectivity index (χ0n) is 13.9. The molecule has 1 saturated carbocycles. The summed E-state index contributed by atoms with van der Waals surface area (Å²) in [5.74, 6) is 0.397. The normalized spacial score (nSPS) is 22.9. The summed E-state index contributed by atoms with van der Waals surface area (Å²) >= 11 is 0. The highest BCUT2D eigenvalue weighted by atomic mass is 32.2.